The zero-order valence-electron chi connectivity index (χ0n) is 13.9. The van der Waals surface area contributed by atoms with Crippen LogP contribution in [0.3, 0.4) is 0 Å². The lowest BCUT2D eigenvalue weighted by Crippen LogP contribution is -2.45. The molecule has 0 radical (unpaired) electrons. The minimum Gasteiger partial charge on any atom is -0.366 e. The van der Waals surface area contributed by atoms with E-state index in [2.05, 4.69) is 5.32 Å². The Labute approximate surface area is 155 Å². The Bertz CT molecular complexity index is 910. The molecule has 0 unspecified atom stereocenters. The van der Waals surface area contributed by atoms with E-state index in [1.54, 1.807) is 41.8 Å². The molecule has 138 valence electrons. The predicted molar refractivity (Wildman–Crippen MR) is 98.0 cm³/mol. The number of amides is 2. The summed E-state index contributed by atoms with van der Waals surface area (Å²) in [5.41, 5.74) is 6.34. The van der Waals surface area contributed by atoms with Crippen LogP contribution in [0.25, 0.3) is 0 Å². The third-order valence-corrected chi connectivity index (χ3v) is 7.52. The SMILES string of the molecule is NC(=O)c1cccc(CNC(=O)[C@H]2CCCN2S(=O)(=O)c2cccs2)c1. The number of thiophene rings is 1. The van der Waals surface area contributed by atoms with Gasteiger partial charge in [-0.15, -0.1) is 11.3 Å². The molecular formula is C17H19N3O4S2. The summed E-state index contributed by atoms with van der Waals surface area (Å²) >= 11 is 1.14. The highest BCUT2D eigenvalue weighted by atomic mass is 32.2. The minimum atomic E-state index is -3.66. The van der Waals surface area contributed by atoms with Crippen LogP contribution in [0.1, 0.15) is 28.8 Å². The molecule has 9 heteroatoms. The third-order valence-electron chi connectivity index (χ3n) is 4.24. The number of benzene rings is 1. The van der Waals surface area contributed by atoms with Crippen LogP contribution in [0.4, 0.5) is 0 Å². The van der Waals surface area contributed by atoms with Crippen LogP contribution in [0.2, 0.25) is 0 Å². The van der Waals surface area contributed by atoms with Crippen LogP contribution in [0.5, 0.6) is 0 Å². The molecule has 1 saturated heterocycles. The quantitative estimate of drug-likeness (QED) is 0.771. The lowest BCUT2D eigenvalue weighted by Gasteiger charge is -2.22. The van der Waals surface area contributed by atoms with Crippen molar-refractivity contribution >= 4 is 33.2 Å². The molecule has 2 heterocycles. The van der Waals surface area contributed by atoms with Crippen LogP contribution < -0.4 is 11.1 Å². The number of primary amides is 1. The van der Waals surface area contributed by atoms with Gasteiger partial charge in [-0.1, -0.05) is 18.2 Å². The molecule has 0 bridgehead atoms. The molecule has 1 aliphatic rings. The van der Waals surface area contributed by atoms with Gasteiger partial charge in [0.1, 0.15) is 10.3 Å². The summed E-state index contributed by atoms with van der Waals surface area (Å²) in [6, 6.07) is 9.15. The van der Waals surface area contributed by atoms with Crippen LogP contribution in [0.15, 0.2) is 46.0 Å². The Morgan fingerprint density at radius 2 is 2.08 bits per heavy atom. The van der Waals surface area contributed by atoms with Gasteiger partial charge in [0.05, 0.1) is 0 Å². The molecule has 2 aromatic rings. The Hall–Kier alpha value is -2.23. The summed E-state index contributed by atoms with van der Waals surface area (Å²) in [7, 11) is -3.66. The highest BCUT2D eigenvalue weighted by Crippen LogP contribution is 2.28. The van der Waals surface area contributed by atoms with Gasteiger partial charge >= 0.3 is 0 Å². The number of nitrogens with zero attached hydrogens (tertiary/aromatic N) is 1. The van der Waals surface area contributed by atoms with Crippen molar-refractivity contribution in [1.82, 2.24) is 9.62 Å². The molecule has 0 spiro atoms. The topological polar surface area (TPSA) is 110 Å². The number of hydrogen-bond donors (Lipinski definition) is 2. The lowest BCUT2D eigenvalue weighted by atomic mass is 10.1. The fourth-order valence-electron chi connectivity index (χ4n) is 2.96. The smallest absolute Gasteiger partial charge is 0.253 e. The first-order valence-corrected chi connectivity index (χ1v) is 10.4. The van der Waals surface area contributed by atoms with Crippen molar-refractivity contribution in [2.24, 2.45) is 5.73 Å². The van der Waals surface area contributed by atoms with Crippen LogP contribution >= 0.6 is 11.3 Å². The molecule has 1 fully saturated rings. The third kappa shape index (κ3) is 3.79. The molecule has 2 amide bonds. The fourth-order valence-corrected chi connectivity index (χ4v) is 5.73. The lowest BCUT2D eigenvalue weighted by molar-refractivity contribution is -0.124. The van der Waals surface area contributed by atoms with Gasteiger partial charge in [0.15, 0.2) is 0 Å². The number of nitrogens with two attached hydrogens (primary N) is 1. The van der Waals surface area contributed by atoms with E-state index in [9.17, 15) is 18.0 Å². The number of sulfonamides is 1. The van der Waals surface area contributed by atoms with Crippen LogP contribution in [-0.2, 0) is 21.4 Å². The van der Waals surface area contributed by atoms with E-state index >= 15 is 0 Å². The van der Waals surface area contributed by atoms with E-state index in [1.165, 1.54) is 4.31 Å². The first-order chi connectivity index (χ1) is 12.4. The van der Waals surface area contributed by atoms with Crippen molar-refractivity contribution in [1.29, 1.82) is 0 Å². The van der Waals surface area contributed by atoms with Crippen LogP contribution in [0, 0.1) is 0 Å². The monoisotopic (exact) mass is 393 g/mol. The molecule has 3 N–H and O–H groups in total. The average molecular weight is 393 g/mol. The molecule has 1 aromatic carbocycles. The molecule has 0 saturated carbocycles. The minimum absolute atomic E-state index is 0.198. The molecule has 26 heavy (non-hydrogen) atoms. The van der Waals surface area contributed by atoms with Gasteiger partial charge in [-0.05, 0) is 42.0 Å². The van der Waals surface area contributed by atoms with Gasteiger partial charge in [0.2, 0.25) is 11.8 Å². The second-order valence-electron chi connectivity index (χ2n) is 5.99. The van der Waals surface area contributed by atoms with Gasteiger partial charge in [-0.3, -0.25) is 9.59 Å². The van der Waals surface area contributed by atoms with Crippen molar-refractivity contribution in [2.45, 2.75) is 29.6 Å². The molecule has 3 rings (SSSR count). The van der Waals surface area contributed by atoms with E-state index in [0.717, 1.165) is 16.9 Å². The summed E-state index contributed by atoms with van der Waals surface area (Å²) < 4.78 is 26.9. The Balaban J connectivity index is 1.69. The Morgan fingerprint density at radius 1 is 1.27 bits per heavy atom. The summed E-state index contributed by atoms with van der Waals surface area (Å²) in [6.45, 7) is 0.527. The second-order valence-corrected chi connectivity index (χ2v) is 9.05. The van der Waals surface area contributed by atoms with E-state index in [4.69, 9.17) is 5.73 Å². The number of carbonyl (C=O) groups is 2. The molecule has 0 aliphatic carbocycles. The molecular weight excluding hydrogens is 374 g/mol. The van der Waals surface area contributed by atoms with Crippen molar-refractivity contribution in [3.63, 3.8) is 0 Å². The van der Waals surface area contributed by atoms with Gasteiger partial charge in [-0.25, -0.2) is 8.42 Å². The Kier molecular flexibility index (Phi) is 5.40. The number of nitrogens with one attached hydrogen (secondary N) is 1. The van der Waals surface area contributed by atoms with Gasteiger partial charge in [0, 0.05) is 18.7 Å². The van der Waals surface area contributed by atoms with Crippen molar-refractivity contribution in [3.8, 4) is 0 Å². The first-order valence-electron chi connectivity index (χ1n) is 8.11. The maximum atomic E-state index is 12.7. The maximum Gasteiger partial charge on any atom is 0.253 e. The van der Waals surface area contributed by atoms with Crippen molar-refractivity contribution in [2.75, 3.05) is 6.54 Å². The zero-order valence-corrected chi connectivity index (χ0v) is 15.6. The highest BCUT2D eigenvalue weighted by Gasteiger charge is 2.39. The first kappa shape index (κ1) is 18.6. The van der Waals surface area contributed by atoms with E-state index in [0.29, 0.717) is 24.9 Å². The largest absolute Gasteiger partial charge is 0.366 e. The van der Waals surface area contributed by atoms with Gasteiger partial charge in [-0.2, -0.15) is 4.31 Å². The molecule has 1 aliphatic heterocycles. The summed E-state index contributed by atoms with van der Waals surface area (Å²) in [4.78, 5) is 23.8. The fraction of sp³-hybridized carbons (Fsp3) is 0.294. The van der Waals surface area contributed by atoms with Gasteiger partial charge in [0.25, 0.3) is 10.0 Å². The summed E-state index contributed by atoms with van der Waals surface area (Å²) in [5, 5.41) is 4.46. The molecule has 1 aromatic heterocycles. The normalized spacial score (nSPS) is 17.9. The summed E-state index contributed by atoms with van der Waals surface area (Å²) in [6.07, 6.45) is 1.12. The van der Waals surface area contributed by atoms with Crippen molar-refractivity contribution < 1.29 is 18.0 Å². The van der Waals surface area contributed by atoms with E-state index in [1.807, 2.05) is 0 Å². The maximum absolute atomic E-state index is 12.7. The summed E-state index contributed by atoms with van der Waals surface area (Å²) in [5.74, 6) is -0.880. The number of hydrogen-bond acceptors (Lipinski definition) is 5. The number of carbonyl (C=O) groups excluding carboxylic acids is 2. The standard InChI is InChI=1S/C17H19N3O4S2/c18-16(21)13-5-1-4-12(10-13)11-19-17(22)14-6-2-8-20(14)26(23,24)15-7-3-9-25-15/h1,3-5,7,9-10,14H,2,6,8,11H2,(H2,18,21)(H,19,22)/t14-/m1/s1. The molecule has 1 atom stereocenters. The Morgan fingerprint density at radius 3 is 2.77 bits per heavy atom. The number of rotatable bonds is 6. The van der Waals surface area contributed by atoms with E-state index < -0.39 is 22.0 Å². The van der Waals surface area contributed by atoms with Gasteiger partial charge < -0.3 is 11.1 Å². The predicted octanol–water partition coefficient (Wildman–Crippen LogP) is 1.32. The second kappa shape index (κ2) is 7.56. The van der Waals surface area contributed by atoms with Crippen LogP contribution in [-0.4, -0.2) is 37.1 Å². The average Bonchev–Trinajstić information content (AvgIpc) is 3.31. The molecule has 7 nitrogen and oxygen atoms in total. The van der Waals surface area contributed by atoms with E-state index in [-0.39, 0.29) is 16.7 Å². The highest BCUT2D eigenvalue weighted by molar-refractivity contribution is 7.91. The zero-order chi connectivity index (χ0) is 18.7. The van der Waals surface area contributed by atoms with Crippen molar-refractivity contribution in [3.05, 3.63) is 52.9 Å².